The number of hydrogen-bond acceptors (Lipinski definition) is 3. The topological polar surface area (TPSA) is 41.6 Å². The number of anilines is 1. The van der Waals surface area contributed by atoms with Crippen molar-refractivity contribution in [2.24, 2.45) is 0 Å². The molecule has 1 aliphatic rings. The van der Waals surface area contributed by atoms with Crippen molar-refractivity contribution >= 4 is 11.6 Å². The van der Waals surface area contributed by atoms with E-state index in [1.54, 1.807) is 0 Å². The number of ether oxygens (including phenoxy) is 1. The highest BCUT2D eigenvalue weighted by molar-refractivity contribution is 5.94. The van der Waals surface area contributed by atoms with Crippen LogP contribution in [0, 0.1) is 0 Å². The molecule has 4 nitrogen and oxygen atoms in total. The zero-order chi connectivity index (χ0) is 13.7. The molecule has 104 valence electrons. The first-order chi connectivity index (χ1) is 9.20. The Morgan fingerprint density at radius 1 is 1.32 bits per heavy atom. The van der Waals surface area contributed by atoms with Crippen molar-refractivity contribution in [2.45, 2.75) is 26.3 Å². The largest absolute Gasteiger partial charge is 0.379 e. The van der Waals surface area contributed by atoms with Gasteiger partial charge in [0.15, 0.2) is 0 Å². The summed E-state index contributed by atoms with van der Waals surface area (Å²) in [5.41, 5.74) is 2.14. The molecule has 2 rings (SSSR count). The molecule has 1 atom stereocenters. The van der Waals surface area contributed by atoms with Crippen LogP contribution < -0.4 is 5.32 Å². The van der Waals surface area contributed by atoms with Gasteiger partial charge in [0.1, 0.15) is 0 Å². The first-order valence-electron chi connectivity index (χ1n) is 6.92. The Balaban J connectivity index is 1.91. The van der Waals surface area contributed by atoms with Gasteiger partial charge in [0.25, 0.3) is 0 Å². The van der Waals surface area contributed by atoms with E-state index in [0.717, 1.165) is 25.2 Å². The third-order valence-corrected chi connectivity index (χ3v) is 3.60. The number of benzene rings is 1. The molecule has 19 heavy (non-hydrogen) atoms. The summed E-state index contributed by atoms with van der Waals surface area (Å²) in [6.07, 6.45) is 1.01. The summed E-state index contributed by atoms with van der Waals surface area (Å²) < 4.78 is 5.30. The van der Waals surface area contributed by atoms with Gasteiger partial charge in [-0.1, -0.05) is 19.1 Å². The summed E-state index contributed by atoms with van der Waals surface area (Å²) in [6.45, 7) is 7.13. The number of nitrogens with zero attached hydrogens (tertiary/aromatic N) is 1. The number of rotatable bonds is 4. The molecule has 1 amide bonds. The zero-order valence-corrected chi connectivity index (χ0v) is 11.7. The lowest BCUT2D eigenvalue weighted by Gasteiger charge is -2.31. The van der Waals surface area contributed by atoms with E-state index >= 15 is 0 Å². The highest BCUT2D eigenvalue weighted by atomic mass is 16.5. The highest BCUT2D eigenvalue weighted by Gasteiger charge is 2.22. The minimum absolute atomic E-state index is 0.0474. The summed E-state index contributed by atoms with van der Waals surface area (Å²) in [5.74, 6) is 0.0474. The monoisotopic (exact) mass is 262 g/mol. The van der Waals surface area contributed by atoms with E-state index in [4.69, 9.17) is 4.74 Å². The van der Waals surface area contributed by atoms with Gasteiger partial charge in [0.05, 0.1) is 19.3 Å². The summed E-state index contributed by atoms with van der Waals surface area (Å²) in [4.78, 5) is 14.3. The fourth-order valence-electron chi connectivity index (χ4n) is 2.20. The molecular formula is C15H22N2O2. The second-order valence-corrected chi connectivity index (χ2v) is 4.86. The Kier molecular flexibility index (Phi) is 4.93. The van der Waals surface area contributed by atoms with Crippen LogP contribution in [0.2, 0.25) is 0 Å². The molecule has 1 fully saturated rings. The van der Waals surface area contributed by atoms with Crippen LogP contribution in [0.1, 0.15) is 19.4 Å². The van der Waals surface area contributed by atoms with Crippen molar-refractivity contribution in [2.75, 3.05) is 31.6 Å². The predicted octanol–water partition coefficient (Wildman–Crippen LogP) is 1.91. The summed E-state index contributed by atoms with van der Waals surface area (Å²) in [6, 6.07) is 7.91. The average molecular weight is 262 g/mol. The van der Waals surface area contributed by atoms with Crippen LogP contribution in [-0.2, 0) is 16.0 Å². The Morgan fingerprint density at radius 3 is 2.53 bits per heavy atom. The maximum atomic E-state index is 12.2. The van der Waals surface area contributed by atoms with E-state index in [1.165, 1.54) is 5.56 Å². The Labute approximate surface area is 114 Å². The number of morpholine rings is 1. The maximum Gasteiger partial charge on any atom is 0.241 e. The standard InChI is InChI=1S/C15H22N2O2/c1-3-13-4-6-14(7-5-13)16-15(18)12(2)17-8-10-19-11-9-17/h4-7,12H,3,8-11H2,1-2H3,(H,16,18)/t12-/m1/s1. The van der Waals surface area contributed by atoms with Gasteiger partial charge in [-0.3, -0.25) is 9.69 Å². The second-order valence-electron chi connectivity index (χ2n) is 4.86. The van der Waals surface area contributed by atoms with E-state index in [0.29, 0.717) is 13.2 Å². The molecule has 4 heteroatoms. The van der Waals surface area contributed by atoms with Gasteiger partial charge >= 0.3 is 0 Å². The van der Waals surface area contributed by atoms with E-state index in [1.807, 2.05) is 19.1 Å². The third kappa shape index (κ3) is 3.78. The van der Waals surface area contributed by atoms with Crippen LogP contribution in [0.4, 0.5) is 5.69 Å². The van der Waals surface area contributed by atoms with Crippen molar-refractivity contribution in [3.8, 4) is 0 Å². The van der Waals surface area contributed by atoms with E-state index in [2.05, 4.69) is 29.3 Å². The molecule has 1 aliphatic heterocycles. The fourth-order valence-corrected chi connectivity index (χ4v) is 2.20. The van der Waals surface area contributed by atoms with Crippen LogP contribution in [0.5, 0.6) is 0 Å². The molecule has 1 aromatic carbocycles. The number of aryl methyl sites for hydroxylation is 1. The van der Waals surface area contributed by atoms with Gasteiger partial charge in [0.2, 0.25) is 5.91 Å². The highest BCUT2D eigenvalue weighted by Crippen LogP contribution is 2.12. The lowest BCUT2D eigenvalue weighted by molar-refractivity contribution is -0.122. The smallest absolute Gasteiger partial charge is 0.241 e. The SMILES string of the molecule is CCc1ccc(NC(=O)[C@@H](C)N2CCOCC2)cc1. The summed E-state index contributed by atoms with van der Waals surface area (Å²) in [7, 11) is 0. The number of hydrogen-bond donors (Lipinski definition) is 1. The molecule has 1 N–H and O–H groups in total. The first kappa shape index (κ1) is 14.0. The number of nitrogens with one attached hydrogen (secondary N) is 1. The van der Waals surface area contributed by atoms with Gasteiger partial charge in [-0.25, -0.2) is 0 Å². The van der Waals surface area contributed by atoms with E-state index in [-0.39, 0.29) is 11.9 Å². The molecular weight excluding hydrogens is 240 g/mol. The minimum Gasteiger partial charge on any atom is -0.379 e. The van der Waals surface area contributed by atoms with Gasteiger partial charge < -0.3 is 10.1 Å². The molecule has 0 aliphatic carbocycles. The maximum absolute atomic E-state index is 12.2. The van der Waals surface area contributed by atoms with Crippen molar-refractivity contribution < 1.29 is 9.53 Å². The lowest BCUT2D eigenvalue weighted by Crippen LogP contribution is -2.47. The molecule has 0 radical (unpaired) electrons. The second kappa shape index (κ2) is 6.68. The normalized spacial score (nSPS) is 18.0. The molecule has 0 aromatic heterocycles. The van der Waals surface area contributed by atoms with Gasteiger partial charge in [-0.15, -0.1) is 0 Å². The first-order valence-corrected chi connectivity index (χ1v) is 6.92. The minimum atomic E-state index is -0.116. The molecule has 0 saturated carbocycles. The van der Waals surface area contributed by atoms with Crippen molar-refractivity contribution in [1.29, 1.82) is 0 Å². The van der Waals surface area contributed by atoms with E-state index in [9.17, 15) is 4.79 Å². The molecule has 0 bridgehead atoms. The molecule has 1 saturated heterocycles. The zero-order valence-electron chi connectivity index (χ0n) is 11.7. The van der Waals surface area contributed by atoms with Gasteiger partial charge in [-0.2, -0.15) is 0 Å². The van der Waals surface area contributed by atoms with Crippen molar-refractivity contribution in [3.05, 3.63) is 29.8 Å². The summed E-state index contributed by atoms with van der Waals surface area (Å²) >= 11 is 0. The van der Waals surface area contributed by atoms with Crippen LogP contribution in [0.25, 0.3) is 0 Å². The van der Waals surface area contributed by atoms with Crippen LogP contribution >= 0.6 is 0 Å². The lowest BCUT2D eigenvalue weighted by atomic mass is 10.1. The van der Waals surface area contributed by atoms with Crippen LogP contribution in [0.15, 0.2) is 24.3 Å². The molecule has 1 aromatic rings. The molecule has 0 unspecified atom stereocenters. The Bertz CT molecular complexity index is 411. The van der Waals surface area contributed by atoms with Crippen LogP contribution in [-0.4, -0.2) is 43.2 Å². The van der Waals surface area contributed by atoms with E-state index < -0.39 is 0 Å². The Hall–Kier alpha value is -1.39. The quantitative estimate of drug-likeness (QED) is 0.901. The van der Waals surface area contributed by atoms with Crippen LogP contribution in [0.3, 0.4) is 0 Å². The molecule has 1 heterocycles. The fraction of sp³-hybridized carbons (Fsp3) is 0.533. The number of amides is 1. The van der Waals surface area contributed by atoms with Crippen molar-refractivity contribution in [1.82, 2.24) is 4.90 Å². The van der Waals surface area contributed by atoms with Gasteiger partial charge in [-0.05, 0) is 31.0 Å². The summed E-state index contributed by atoms with van der Waals surface area (Å²) in [5, 5.41) is 2.97. The number of carbonyl (C=O) groups excluding carboxylic acids is 1. The Morgan fingerprint density at radius 2 is 1.95 bits per heavy atom. The van der Waals surface area contributed by atoms with Crippen molar-refractivity contribution in [3.63, 3.8) is 0 Å². The predicted molar refractivity (Wildman–Crippen MR) is 76.3 cm³/mol. The third-order valence-electron chi connectivity index (χ3n) is 3.60. The average Bonchev–Trinajstić information content (AvgIpc) is 2.48. The van der Waals surface area contributed by atoms with Gasteiger partial charge in [0, 0.05) is 18.8 Å². The molecule has 0 spiro atoms. The number of carbonyl (C=O) groups is 1.